The summed E-state index contributed by atoms with van der Waals surface area (Å²) < 4.78 is 28.3. The molecule has 0 aromatic heterocycles. The highest BCUT2D eigenvalue weighted by atomic mass is 35.7. The van der Waals surface area contributed by atoms with E-state index in [1.807, 2.05) is 0 Å². The first-order valence-corrected chi connectivity index (χ1v) is 6.49. The van der Waals surface area contributed by atoms with Gasteiger partial charge in [0.1, 0.15) is 0 Å². The Balaban J connectivity index is 2.52. The van der Waals surface area contributed by atoms with Gasteiger partial charge in [0, 0.05) is 30.9 Å². The standard InChI is InChI=1S/C7H14ClNO3S/c1-12-6-7-3-2-4-9(5-7)13(8,10)11/h7H,2-6H2,1H3. The summed E-state index contributed by atoms with van der Waals surface area (Å²) in [6.45, 7) is 1.62. The highest BCUT2D eigenvalue weighted by Crippen LogP contribution is 2.20. The van der Waals surface area contributed by atoms with Gasteiger partial charge in [-0.25, -0.2) is 0 Å². The average Bonchev–Trinajstić information content (AvgIpc) is 2.04. The molecule has 1 fully saturated rings. The highest BCUT2D eigenvalue weighted by molar-refractivity contribution is 8.11. The van der Waals surface area contributed by atoms with Crippen LogP contribution in [-0.4, -0.2) is 39.5 Å². The molecule has 0 spiro atoms. The lowest BCUT2D eigenvalue weighted by Crippen LogP contribution is -2.38. The molecule has 0 aliphatic carbocycles. The van der Waals surface area contributed by atoms with Crippen LogP contribution in [0.4, 0.5) is 0 Å². The molecule has 0 saturated carbocycles. The van der Waals surface area contributed by atoms with E-state index in [2.05, 4.69) is 0 Å². The quantitative estimate of drug-likeness (QED) is 0.671. The fourth-order valence-corrected chi connectivity index (χ4v) is 2.71. The molecule has 1 aliphatic rings. The van der Waals surface area contributed by atoms with Crippen LogP contribution in [0.3, 0.4) is 0 Å². The Morgan fingerprint density at radius 3 is 2.85 bits per heavy atom. The molecule has 0 N–H and O–H groups in total. The van der Waals surface area contributed by atoms with Crippen LogP contribution in [0.5, 0.6) is 0 Å². The number of methoxy groups -OCH3 is 1. The molecule has 0 amide bonds. The number of hydrogen-bond acceptors (Lipinski definition) is 3. The van der Waals surface area contributed by atoms with Gasteiger partial charge in [-0.1, -0.05) is 0 Å². The molecule has 1 heterocycles. The second-order valence-electron chi connectivity index (χ2n) is 3.26. The van der Waals surface area contributed by atoms with Crippen LogP contribution in [-0.2, 0) is 14.0 Å². The Hall–Kier alpha value is 0.160. The molecule has 6 heteroatoms. The van der Waals surface area contributed by atoms with Crippen LogP contribution in [0.1, 0.15) is 12.8 Å². The zero-order valence-corrected chi connectivity index (χ0v) is 9.14. The molecule has 4 nitrogen and oxygen atoms in total. The predicted octanol–water partition coefficient (Wildman–Crippen LogP) is 0.828. The summed E-state index contributed by atoms with van der Waals surface area (Å²) >= 11 is 0. The normalized spacial score (nSPS) is 26.2. The summed E-state index contributed by atoms with van der Waals surface area (Å²) in [5, 5.41) is 0. The van der Waals surface area contributed by atoms with E-state index in [4.69, 9.17) is 15.4 Å². The molecule has 0 bridgehead atoms. The van der Waals surface area contributed by atoms with Crippen LogP contribution in [0, 0.1) is 5.92 Å². The summed E-state index contributed by atoms with van der Waals surface area (Å²) in [6, 6.07) is 0. The number of rotatable bonds is 3. The van der Waals surface area contributed by atoms with Gasteiger partial charge in [-0.05, 0) is 18.8 Å². The third-order valence-electron chi connectivity index (χ3n) is 2.19. The zero-order valence-electron chi connectivity index (χ0n) is 7.57. The van der Waals surface area contributed by atoms with E-state index in [0.29, 0.717) is 19.7 Å². The Bertz CT molecular complexity index is 252. The minimum atomic E-state index is -3.53. The number of piperidine rings is 1. The first kappa shape index (κ1) is 11.2. The molecule has 0 radical (unpaired) electrons. The van der Waals surface area contributed by atoms with Gasteiger partial charge in [0.2, 0.25) is 0 Å². The first-order valence-electron chi connectivity index (χ1n) is 4.22. The molecule has 1 aliphatic heterocycles. The third kappa shape index (κ3) is 3.42. The summed E-state index contributed by atoms with van der Waals surface area (Å²) in [5.74, 6) is 0.285. The Kier molecular flexibility index (Phi) is 3.97. The van der Waals surface area contributed by atoms with E-state index < -0.39 is 9.24 Å². The molecule has 1 rings (SSSR count). The van der Waals surface area contributed by atoms with Crippen molar-refractivity contribution < 1.29 is 13.2 Å². The minimum absolute atomic E-state index is 0.285. The highest BCUT2D eigenvalue weighted by Gasteiger charge is 2.26. The van der Waals surface area contributed by atoms with E-state index in [1.54, 1.807) is 7.11 Å². The number of ether oxygens (including phenoxy) is 1. The van der Waals surface area contributed by atoms with Crippen molar-refractivity contribution in [3.8, 4) is 0 Å². The van der Waals surface area contributed by atoms with E-state index in [0.717, 1.165) is 12.8 Å². The van der Waals surface area contributed by atoms with Gasteiger partial charge in [0.15, 0.2) is 0 Å². The summed E-state index contributed by atoms with van der Waals surface area (Å²) in [7, 11) is 3.33. The fourth-order valence-electron chi connectivity index (χ4n) is 1.60. The molecule has 0 aromatic carbocycles. The Morgan fingerprint density at radius 1 is 1.62 bits per heavy atom. The number of nitrogens with zero attached hydrogens (tertiary/aromatic N) is 1. The summed E-state index contributed by atoms with van der Waals surface area (Å²) in [6.07, 6.45) is 1.87. The first-order chi connectivity index (χ1) is 6.04. The van der Waals surface area contributed by atoms with Crippen molar-refractivity contribution in [2.75, 3.05) is 26.8 Å². The van der Waals surface area contributed by atoms with Gasteiger partial charge in [0.05, 0.1) is 6.61 Å². The molecule has 13 heavy (non-hydrogen) atoms. The van der Waals surface area contributed by atoms with Crippen molar-refractivity contribution in [3.05, 3.63) is 0 Å². The van der Waals surface area contributed by atoms with Crippen molar-refractivity contribution >= 4 is 19.9 Å². The van der Waals surface area contributed by atoms with Gasteiger partial charge in [-0.15, -0.1) is 0 Å². The minimum Gasteiger partial charge on any atom is -0.384 e. The maximum absolute atomic E-state index is 11.0. The molecule has 78 valence electrons. The van der Waals surface area contributed by atoms with Gasteiger partial charge < -0.3 is 4.74 Å². The van der Waals surface area contributed by atoms with Gasteiger partial charge in [-0.2, -0.15) is 12.7 Å². The summed E-state index contributed by atoms with van der Waals surface area (Å²) in [4.78, 5) is 0. The van der Waals surface area contributed by atoms with Crippen LogP contribution in [0.25, 0.3) is 0 Å². The number of halogens is 1. The molecule has 1 saturated heterocycles. The van der Waals surface area contributed by atoms with Crippen molar-refractivity contribution in [1.29, 1.82) is 0 Å². The molecule has 0 aromatic rings. The second-order valence-corrected chi connectivity index (χ2v) is 5.77. The molecular formula is C7H14ClNO3S. The van der Waals surface area contributed by atoms with E-state index in [1.165, 1.54) is 4.31 Å². The monoisotopic (exact) mass is 227 g/mol. The van der Waals surface area contributed by atoms with Crippen LogP contribution >= 0.6 is 10.7 Å². The van der Waals surface area contributed by atoms with E-state index in [-0.39, 0.29) is 5.92 Å². The molecular weight excluding hydrogens is 214 g/mol. The van der Waals surface area contributed by atoms with Gasteiger partial charge >= 0.3 is 0 Å². The fraction of sp³-hybridized carbons (Fsp3) is 1.00. The van der Waals surface area contributed by atoms with Crippen molar-refractivity contribution in [3.63, 3.8) is 0 Å². The Labute approximate surface area is 83.4 Å². The van der Waals surface area contributed by atoms with Crippen molar-refractivity contribution in [2.45, 2.75) is 12.8 Å². The molecule has 1 atom stereocenters. The topological polar surface area (TPSA) is 46.6 Å². The molecule has 1 unspecified atom stereocenters. The smallest absolute Gasteiger partial charge is 0.299 e. The van der Waals surface area contributed by atoms with Crippen molar-refractivity contribution in [2.24, 2.45) is 5.92 Å². The second kappa shape index (κ2) is 4.59. The van der Waals surface area contributed by atoms with E-state index in [9.17, 15) is 8.42 Å². The SMILES string of the molecule is COCC1CCCN(S(=O)(=O)Cl)C1. The van der Waals surface area contributed by atoms with Gasteiger partial charge in [-0.3, -0.25) is 0 Å². The Morgan fingerprint density at radius 2 is 2.31 bits per heavy atom. The lowest BCUT2D eigenvalue weighted by atomic mass is 10.0. The van der Waals surface area contributed by atoms with Crippen LogP contribution in [0.15, 0.2) is 0 Å². The van der Waals surface area contributed by atoms with E-state index >= 15 is 0 Å². The predicted molar refractivity (Wildman–Crippen MR) is 50.9 cm³/mol. The lowest BCUT2D eigenvalue weighted by Gasteiger charge is -2.29. The maximum Gasteiger partial charge on any atom is 0.299 e. The lowest BCUT2D eigenvalue weighted by molar-refractivity contribution is 0.119. The largest absolute Gasteiger partial charge is 0.384 e. The average molecular weight is 228 g/mol. The van der Waals surface area contributed by atoms with Crippen LogP contribution in [0.2, 0.25) is 0 Å². The third-order valence-corrected chi connectivity index (χ3v) is 3.73. The maximum atomic E-state index is 11.0. The van der Waals surface area contributed by atoms with Crippen molar-refractivity contribution in [1.82, 2.24) is 4.31 Å². The van der Waals surface area contributed by atoms with Crippen LogP contribution < -0.4 is 0 Å². The number of hydrogen-bond donors (Lipinski definition) is 0. The van der Waals surface area contributed by atoms with Gasteiger partial charge in [0.25, 0.3) is 9.24 Å². The zero-order chi connectivity index (χ0) is 9.90. The summed E-state index contributed by atoms with van der Waals surface area (Å²) in [5.41, 5.74) is 0.